The van der Waals surface area contributed by atoms with Crippen LogP contribution in [0.2, 0.25) is 0 Å². The van der Waals surface area contributed by atoms with Gasteiger partial charge in [-0.2, -0.15) is 11.8 Å². The summed E-state index contributed by atoms with van der Waals surface area (Å²) in [6.45, 7) is 5.99. The number of primary amides is 1. The van der Waals surface area contributed by atoms with E-state index >= 15 is 0 Å². The minimum absolute atomic E-state index is 0. The van der Waals surface area contributed by atoms with Crippen LogP contribution in [0.5, 0.6) is 0 Å². The van der Waals surface area contributed by atoms with Crippen LogP contribution in [-0.4, -0.2) is 88.1 Å². The predicted molar refractivity (Wildman–Crippen MR) is 170 cm³/mol. The molecule has 13 heteroatoms. The van der Waals surface area contributed by atoms with E-state index in [1.807, 2.05) is 20.1 Å². The lowest BCUT2D eigenvalue weighted by atomic mass is 9.92. The van der Waals surface area contributed by atoms with E-state index < -0.39 is 59.6 Å². The highest BCUT2D eigenvalue weighted by Crippen LogP contribution is 2.19. The topological polar surface area (TPSA) is 162 Å². The molecule has 2 aromatic rings. The van der Waals surface area contributed by atoms with Gasteiger partial charge in [-0.05, 0) is 73.6 Å². The van der Waals surface area contributed by atoms with Crippen LogP contribution in [0, 0.1) is 11.6 Å². The average Bonchev–Trinajstić information content (AvgIpc) is 2.96. The normalized spacial score (nSPS) is 13.8. The van der Waals surface area contributed by atoms with E-state index in [1.54, 1.807) is 4.90 Å². The lowest BCUT2D eigenvalue weighted by Gasteiger charge is -2.33. The SMILES string of the molecule is CCCN(CCC)C(=O)c1cc(C(N)=O)cc(C(=O)N[C@@H](Cc2cc(F)cc(F)c2)[C@@H](O)[C@H](O)[C@@H](CCSC)NC(C)=O)c1.[HH].[HH]. The zero-order valence-electron chi connectivity index (χ0n) is 25.4. The van der Waals surface area contributed by atoms with Crippen molar-refractivity contribution >= 4 is 35.4 Å². The highest BCUT2D eigenvalue weighted by Gasteiger charge is 2.34. The molecule has 0 saturated carbocycles. The van der Waals surface area contributed by atoms with Gasteiger partial charge in [-0.1, -0.05) is 13.8 Å². The third-order valence-corrected chi connectivity index (χ3v) is 7.54. The Bertz CT molecular complexity index is 1300. The minimum atomic E-state index is -1.71. The summed E-state index contributed by atoms with van der Waals surface area (Å²) in [5, 5.41) is 27.6. The van der Waals surface area contributed by atoms with Crippen LogP contribution in [0.1, 0.15) is 79.5 Å². The van der Waals surface area contributed by atoms with E-state index in [-0.39, 0.29) is 37.9 Å². The number of halogens is 2. The smallest absolute Gasteiger partial charge is 0.253 e. The van der Waals surface area contributed by atoms with Crippen LogP contribution in [0.15, 0.2) is 36.4 Å². The summed E-state index contributed by atoms with van der Waals surface area (Å²) >= 11 is 1.46. The molecular weight excluding hydrogens is 594 g/mol. The Hall–Kier alpha value is -3.55. The molecular formula is C31H46F2N4O6S. The summed E-state index contributed by atoms with van der Waals surface area (Å²) in [5.74, 6) is -3.79. The van der Waals surface area contributed by atoms with E-state index in [0.29, 0.717) is 37.8 Å². The molecule has 4 amide bonds. The van der Waals surface area contributed by atoms with Gasteiger partial charge in [0.2, 0.25) is 11.8 Å². The monoisotopic (exact) mass is 640 g/mol. The standard InChI is InChI=1S/C31H42F2N4O6S.2H2/c1-5-8-37(9-6-2)31(43)22-15-20(29(34)41)14-21(16-22)30(42)36-26(13-19-11-23(32)17-24(33)12-19)28(40)27(39)25(7-10-44-4)35-18(3)38;;/h11-12,14-17,25-28,39-40H,5-10,13H2,1-4H3,(H2,34,41)(H,35,38)(H,36,42);2*1H/t25-,26+,27-,28-;;/m1../s1. The molecule has 0 radical (unpaired) electrons. The summed E-state index contributed by atoms with van der Waals surface area (Å²) < 4.78 is 28.0. The van der Waals surface area contributed by atoms with Gasteiger partial charge in [0.05, 0.1) is 12.1 Å². The van der Waals surface area contributed by atoms with Crippen molar-refractivity contribution in [1.82, 2.24) is 15.5 Å². The van der Waals surface area contributed by atoms with Gasteiger partial charge in [0.1, 0.15) is 23.8 Å². The van der Waals surface area contributed by atoms with E-state index in [2.05, 4.69) is 10.6 Å². The first-order chi connectivity index (χ1) is 20.8. The molecule has 0 aromatic heterocycles. The second-order valence-electron chi connectivity index (χ2n) is 10.6. The van der Waals surface area contributed by atoms with Gasteiger partial charge in [-0.25, -0.2) is 8.78 Å². The van der Waals surface area contributed by atoms with Gasteiger partial charge in [-0.3, -0.25) is 19.2 Å². The number of thioether (sulfide) groups is 1. The number of aliphatic hydroxyl groups is 2. The molecule has 0 fully saturated rings. The first-order valence-corrected chi connectivity index (χ1v) is 15.8. The number of carbonyl (C=O) groups excluding carboxylic acids is 4. The zero-order chi connectivity index (χ0) is 33.0. The highest BCUT2D eigenvalue weighted by atomic mass is 32.2. The van der Waals surface area contributed by atoms with Gasteiger partial charge in [0.25, 0.3) is 11.8 Å². The Kier molecular flexibility index (Phi) is 14.7. The second kappa shape index (κ2) is 17.7. The predicted octanol–water partition coefficient (Wildman–Crippen LogP) is 3.14. The third-order valence-electron chi connectivity index (χ3n) is 6.89. The Labute approximate surface area is 263 Å². The number of aliphatic hydroxyl groups excluding tert-OH is 2. The molecule has 0 aliphatic carbocycles. The van der Waals surface area contributed by atoms with Gasteiger partial charge < -0.3 is 31.5 Å². The van der Waals surface area contributed by atoms with Gasteiger partial charge >= 0.3 is 0 Å². The molecule has 0 aliphatic heterocycles. The maximum atomic E-state index is 14.0. The van der Waals surface area contributed by atoms with Crippen molar-refractivity contribution in [3.63, 3.8) is 0 Å². The molecule has 0 unspecified atom stereocenters. The molecule has 0 bridgehead atoms. The second-order valence-corrected chi connectivity index (χ2v) is 11.6. The Balaban J connectivity index is 0.0000101. The number of carbonyl (C=O) groups is 4. The fourth-order valence-corrected chi connectivity index (χ4v) is 5.35. The third kappa shape index (κ3) is 10.9. The molecule has 2 aromatic carbocycles. The number of nitrogens with zero attached hydrogens (tertiary/aromatic N) is 1. The van der Waals surface area contributed by atoms with Gasteiger partial charge in [0.15, 0.2) is 0 Å². The molecule has 6 N–H and O–H groups in total. The van der Waals surface area contributed by atoms with E-state index in [0.717, 1.165) is 12.1 Å². The largest absolute Gasteiger partial charge is 0.388 e. The molecule has 44 heavy (non-hydrogen) atoms. The van der Waals surface area contributed by atoms with Crippen molar-refractivity contribution in [3.05, 3.63) is 70.3 Å². The van der Waals surface area contributed by atoms with Crippen LogP contribution >= 0.6 is 11.8 Å². The van der Waals surface area contributed by atoms with Crippen LogP contribution in [0.3, 0.4) is 0 Å². The molecule has 10 nitrogen and oxygen atoms in total. The summed E-state index contributed by atoms with van der Waals surface area (Å²) in [7, 11) is 0. The quantitative estimate of drug-likeness (QED) is 0.177. The number of amides is 4. The lowest BCUT2D eigenvalue weighted by molar-refractivity contribution is -0.121. The number of nitrogens with two attached hydrogens (primary N) is 1. The number of nitrogens with one attached hydrogen (secondary N) is 2. The summed E-state index contributed by atoms with van der Waals surface area (Å²) in [6.07, 6.45) is -0.115. The number of hydrogen-bond acceptors (Lipinski definition) is 7. The average molecular weight is 641 g/mol. The van der Waals surface area contributed by atoms with Gasteiger partial charge in [-0.15, -0.1) is 0 Å². The summed E-state index contributed by atoms with van der Waals surface area (Å²) in [6, 6.07) is 4.30. The summed E-state index contributed by atoms with van der Waals surface area (Å²) in [5.41, 5.74) is 5.41. The van der Waals surface area contributed by atoms with Crippen LogP contribution < -0.4 is 16.4 Å². The number of hydrogen-bond donors (Lipinski definition) is 5. The van der Waals surface area contributed by atoms with Crippen molar-refractivity contribution < 1.29 is 41.0 Å². The minimum Gasteiger partial charge on any atom is -0.388 e. The van der Waals surface area contributed by atoms with Crippen molar-refractivity contribution in [1.29, 1.82) is 0 Å². The summed E-state index contributed by atoms with van der Waals surface area (Å²) in [4.78, 5) is 52.4. The fourth-order valence-electron chi connectivity index (χ4n) is 4.86. The zero-order valence-corrected chi connectivity index (χ0v) is 26.3. The molecule has 0 aliphatic rings. The van der Waals surface area contributed by atoms with Gasteiger partial charge in [0, 0.05) is 45.6 Å². The molecule has 0 heterocycles. The number of benzene rings is 2. The first kappa shape index (κ1) is 36.6. The Morgan fingerprint density at radius 1 is 0.886 bits per heavy atom. The number of rotatable bonds is 17. The maximum Gasteiger partial charge on any atom is 0.253 e. The Morgan fingerprint density at radius 2 is 1.43 bits per heavy atom. The fraction of sp³-hybridized carbons (Fsp3) is 0.484. The molecule has 0 spiro atoms. The molecule has 246 valence electrons. The molecule has 4 atom stereocenters. The van der Waals surface area contributed by atoms with Crippen LogP contribution in [0.4, 0.5) is 8.78 Å². The Morgan fingerprint density at radius 3 is 1.95 bits per heavy atom. The van der Waals surface area contributed by atoms with Crippen molar-refractivity contribution in [3.8, 4) is 0 Å². The van der Waals surface area contributed by atoms with E-state index in [4.69, 9.17) is 5.73 Å². The van der Waals surface area contributed by atoms with Crippen molar-refractivity contribution in [2.75, 3.05) is 25.1 Å². The molecule has 2 rings (SSSR count). The maximum absolute atomic E-state index is 14.0. The highest BCUT2D eigenvalue weighted by molar-refractivity contribution is 7.98. The van der Waals surface area contributed by atoms with Crippen LogP contribution in [-0.2, 0) is 11.2 Å². The van der Waals surface area contributed by atoms with E-state index in [1.165, 1.54) is 36.9 Å². The van der Waals surface area contributed by atoms with Crippen molar-refractivity contribution in [2.24, 2.45) is 5.73 Å². The molecule has 0 saturated heterocycles. The van der Waals surface area contributed by atoms with Crippen molar-refractivity contribution in [2.45, 2.75) is 70.7 Å². The lowest BCUT2D eigenvalue weighted by Crippen LogP contribution is -2.56. The van der Waals surface area contributed by atoms with Crippen LogP contribution in [0.25, 0.3) is 0 Å². The van der Waals surface area contributed by atoms with E-state index in [9.17, 15) is 38.2 Å². The first-order valence-electron chi connectivity index (χ1n) is 14.4.